The van der Waals surface area contributed by atoms with E-state index in [0.717, 1.165) is 0 Å². The van der Waals surface area contributed by atoms with Crippen LogP contribution in [0.2, 0.25) is 0 Å². The number of fused-ring (bicyclic) bond motifs is 1. The Morgan fingerprint density at radius 2 is 1.57 bits per heavy atom. The first-order valence-corrected chi connectivity index (χ1v) is 7.40. The van der Waals surface area contributed by atoms with Crippen LogP contribution >= 0.6 is 0 Å². The Morgan fingerprint density at radius 3 is 2.13 bits per heavy atom. The maximum atomic E-state index is 9.32. The van der Waals surface area contributed by atoms with Crippen LogP contribution in [0.4, 0.5) is 5.69 Å². The van der Waals surface area contributed by atoms with E-state index in [-0.39, 0.29) is 0 Å². The molecule has 1 aromatic carbocycles. The molecule has 0 aliphatic carbocycles. The van der Waals surface area contributed by atoms with Crippen LogP contribution in [0.3, 0.4) is 0 Å². The fraction of sp³-hybridized carbons (Fsp3) is 0.500. The lowest BCUT2D eigenvalue weighted by atomic mass is 10.1. The van der Waals surface area contributed by atoms with Crippen molar-refractivity contribution in [2.24, 2.45) is 4.99 Å². The third-order valence-corrected chi connectivity index (χ3v) is 2.95. The van der Waals surface area contributed by atoms with Gasteiger partial charge in [0.05, 0.1) is 44.0 Å². The highest BCUT2D eigenvalue weighted by Gasteiger charge is 2.13. The van der Waals surface area contributed by atoms with E-state index in [1.165, 1.54) is 0 Å². The summed E-state index contributed by atoms with van der Waals surface area (Å²) in [5.74, 6) is 1.05. The highest BCUT2D eigenvalue weighted by molar-refractivity contribution is 5.68. The summed E-state index contributed by atoms with van der Waals surface area (Å²) in [6.45, 7) is 2.73. The van der Waals surface area contributed by atoms with Crippen LogP contribution < -0.4 is 9.47 Å². The zero-order valence-electron chi connectivity index (χ0n) is 13.4. The van der Waals surface area contributed by atoms with Crippen LogP contribution in [0, 0.1) is 11.3 Å². The smallest absolute Gasteiger partial charge is 0.163 e. The molecule has 1 aliphatic rings. The topological polar surface area (TPSA) is 76.3 Å². The van der Waals surface area contributed by atoms with E-state index in [2.05, 4.69) is 11.1 Å². The molecule has 0 saturated carbocycles. The Balaban J connectivity index is 2.27. The Morgan fingerprint density at radius 1 is 1.00 bits per heavy atom. The van der Waals surface area contributed by atoms with Crippen molar-refractivity contribution in [2.75, 3.05) is 53.7 Å². The van der Waals surface area contributed by atoms with Gasteiger partial charge in [0, 0.05) is 26.2 Å². The van der Waals surface area contributed by atoms with Crippen molar-refractivity contribution in [3.05, 3.63) is 17.7 Å². The maximum absolute atomic E-state index is 9.32. The summed E-state index contributed by atoms with van der Waals surface area (Å²) < 4.78 is 22.2. The van der Waals surface area contributed by atoms with Crippen LogP contribution in [0.1, 0.15) is 5.56 Å². The predicted molar refractivity (Wildman–Crippen MR) is 85.6 cm³/mol. The molecule has 0 N–H and O–H groups in total. The average molecular weight is 319 g/mol. The van der Waals surface area contributed by atoms with E-state index in [9.17, 15) is 5.26 Å². The van der Waals surface area contributed by atoms with Gasteiger partial charge in [0.15, 0.2) is 11.5 Å². The van der Waals surface area contributed by atoms with E-state index in [0.29, 0.717) is 62.4 Å². The van der Waals surface area contributed by atoms with E-state index in [1.54, 1.807) is 23.4 Å². The van der Waals surface area contributed by atoms with Crippen molar-refractivity contribution < 1.29 is 18.9 Å². The lowest BCUT2D eigenvalue weighted by Crippen LogP contribution is -2.15. The van der Waals surface area contributed by atoms with E-state index in [1.807, 2.05) is 14.1 Å². The molecule has 7 heteroatoms. The predicted octanol–water partition coefficient (Wildman–Crippen LogP) is 1.58. The number of nitrogens with zero attached hydrogens (tertiary/aromatic N) is 3. The van der Waals surface area contributed by atoms with Crippen LogP contribution in [0.25, 0.3) is 0 Å². The standard InChI is InChI=1S/C16H21N3O4/c1-19(2)12-18-14-10-16-15(9-13(14)11-17)22-7-5-20-3-4-21-6-8-23-16/h9-10,12H,3-8H2,1-2H3. The van der Waals surface area contributed by atoms with Crippen molar-refractivity contribution in [3.63, 3.8) is 0 Å². The first kappa shape index (κ1) is 17.1. The van der Waals surface area contributed by atoms with Gasteiger partial charge in [0.25, 0.3) is 0 Å². The molecule has 0 fully saturated rings. The SMILES string of the molecule is CN(C)C=Nc1cc2c(cc1C#N)OCCOCCOCCO2. The van der Waals surface area contributed by atoms with Gasteiger partial charge in [-0.1, -0.05) is 0 Å². The molecule has 1 aromatic rings. The zero-order chi connectivity index (χ0) is 16.5. The fourth-order valence-electron chi connectivity index (χ4n) is 1.89. The molecule has 1 heterocycles. The number of hydrogen-bond donors (Lipinski definition) is 0. The number of rotatable bonds is 2. The Kier molecular flexibility index (Phi) is 6.66. The van der Waals surface area contributed by atoms with Crippen molar-refractivity contribution in [1.29, 1.82) is 5.26 Å². The summed E-state index contributed by atoms with van der Waals surface area (Å²) in [7, 11) is 3.72. The second-order valence-corrected chi connectivity index (χ2v) is 5.06. The van der Waals surface area contributed by atoms with Gasteiger partial charge in [-0.3, -0.25) is 0 Å². The molecule has 23 heavy (non-hydrogen) atoms. The quantitative estimate of drug-likeness (QED) is 0.608. The molecule has 0 atom stereocenters. The summed E-state index contributed by atoms with van der Waals surface area (Å²) in [6, 6.07) is 5.48. The van der Waals surface area contributed by atoms with E-state index < -0.39 is 0 Å². The summed E-state index contributed by atoms with van der Waals surface area (Å²) in [5, 5.41) is 9.32. The monoisotopic (exact) mass is 319 g/mol. The van der Waals surface area contributed by atoms with Gasteiger partial charge in [0.2, 0.25) is 0 Å². The van der Waals surface area contributed by atoms with Gasteiger partial charge in [-0.25, -0.2) is 4.99 Å². The third kappa shape index (κ3) is 5.43. The van der Waals surface area contributed by atoms with Crippen molar-refractivity contribution in [1.82, 2.24) is 4.90 Å². The highest BCUT2D eigenvalue weighted by atomic mass is 16.6. The van der Waals surface area contributed by atoms with Gasteiger partial charge in [0.1, 0.15) is 19.3 Å². The molecule has 2 rings (SSSR count). The molecule has 0 saturated heterocycles. The Labute approximate surface area is 136 Å². The van der Waals surface area contributed by atoms with Crippen LogP contribution in [-0.2, 0) is 9.47 Å². The summed E-state index contributed by atoms with van der Waals surface area (Å²) in [6.07, 6.45) is 1.63. The van der Waals surface area contributed by atoms with Gasteiger partial charge in [-0.15, -0.1) is 0 Å². The number of benzene rings is 1. The van der Waals surface area contributed by atoms with Crippen molar-refractivity contribution in [3.8, 4) is 17.6 Å². The normalized spacial score (nSPS) is 16.2. The number of aliphatic imine (C=N–C) groups is 1. The molecule has 0 unspecified atom stereocenters. The molecule has 0 radical (unpaired) electrons. The van der Waals surface area contributed by atoms with E-state index >= 15 is 0 Å². The molecule has 124 valence electrons. The lowest BCUT2D eigenvalue weighted by molar-refractivity contribution is 0.0223. The third-order valence-electron chi connectivity index (χ3n) is 2.95. The van der Waals surface area contributed by atoms with Crippen molar-refractivity contribution in [2.45, 2.75) is 0 Å². The summed E-state index contributed by atoms with van der Waals surface area (Å²) >= 11 is 0. The minimum Gasteiger partial charge on any atom is -0.487 e. The summed E-state index contributed by atoms with van der Waals surface area (Å²) in [5.41, 5.74) is 0.961. The van der Waals surface area contributed by atoms with Crippen LogP contribution in [-0.4, -0.2) is 65.0 Å². The first-order chi connectivity index (χ1) is 11.2. The second-order valence-electron chi connectivity index (χ2n) is 5.06. The molecular formula is C16H21N3O4. The molecule has 1 aliphatic heterocycles. The molecule has 7 nitrogen and oxygen atoms in total. The van der Waals surface area contributed by atoms with E-state index in [4.69, 9.17) is 18.9 Å². The molecule has 0 amide bonds. The molecule has 0 aromatic heterocycles. The van der Waals surface area contributed by atoms with Gasteiger partial charge < -0.3 is 23.8 Å². The lowest BCUT2D eigenvalue weighted by Gasteiger charge is -2.16. The van der Waals surface area contributed by atoms with Gasteiger partial charge in [-0.2, -0.15) is 5.26 Å². The highest BCUT2D eigenvalue weighted by Crippen LogP contribution is 2.35. The first-order valence-electron chi connectivity index (χ1n) is 7.40. The number of ether oxygens (including phenoxy) is 4. The Hall–Kier alpha value is -2.30. The minimum atomic E-state index is 0.377. The van der Waals surface area contributed by atoms with Crippen LogP contribution in [0.15, 0.2) is 17.1 Å². The largest absolute Gasteiger partial charge is 0.487 e. The minimum absolute atomic E-state index is 0.377. The number of nitriles is 1. The van der Waals surface area contributed by atoms with Gasteiger partial charge in [-0.05, 0) is 0 Å². The Bertz CT molecular complexity index is 581. The maximum Gasteiger partial charge on any atom is 0.163 e. The fourth-order valence-corrected chi connectivity index (χ4v) is 1.89. The van der Waals surface area contributed by atoms with Crippen LogP contribution in [0.5, 0.6) is 11.5 Å². The molecule has 0 spiro atoms. The number of hydrogen-bond acceptors (Lipinski definition) is 6. The molecule has 0 bridgehead atoms. The van der Waals surface area contributed by atoms with Crippen molar-refractivity contribution >= 4 is 12.0 Å². The summed E-state index contributed by atoms with van der Waals surface area (Å²) in [4.78, 5) is 6.10. The van der Waals surface area contributed by atoms with Gasteiger partial charge >= 0.3 is 0 Å². The molecular weight excluding hydrogens is 298 g/mol. The second kappa shape index (κ2) is 8.98. The zero-order valence-corrected chi connectivity index (χ0v) is 13.4. The average Bonchev–Trinajstić information content (AvgIpc) is 2.53.